The lowest BCUT2D eigenvalue weighted by molar-refractivity contribution is 0.102. The minimum absolute atomic E-state index is 0.0128. The SMILES string of the molecule is Cc1c(-c2ccccc2)nc2ccc(Br)cc2c1C(=O)Nc1cc(F)c(F)cc1Cl. The highest BCUT2D eigenvalue weighted by atomic mass is 79.9. The van der Waals surface area contributed by atoms with E-state index in [1.54, 1.807) is 13.0 Å². The van der Waals surface area contributed by atoms with Gasteiger partial charge in [0.25, 0.3) is 5.91 Å². The summed E-state index contributed by atoms with van der Waals surface area (Å²) in [7, 11) is 0. The summed E-state index contributed by atoms with van der Waals surface area (Å²) in [4.78, 5) is 18.0. The smallest absolute Gasteiger partial charge is 0.256 e. The zero-order valence-corrected chi connectivity index (χ0v) is 18.0. The second-order valence-corrected chi connectivity index (χ2v) is 8.01. The van der Waals surface area contributed by atoms with Crippen molar-refractivity contribution >= 4 is 50.0 Å². The van der Waals surface area contributed by atoms with Gasteiger partial charge in [0.15, 0.2) is 11.6 Å². The van der Waals surface area contributed by atoms with Gasteiger partial charge in [-0.3, -0.25) is 4.79 Å². The van der Waals surface area contributed by atoms with Crippen LogP contribution in [0.4, 0.5) is 14.5 Å². The number of benzene rings is 3. The van der Waals surface area contributed by atoms with Gasteiger partial charge in [0.1, 0.15) is 0 Å². The summed E-state index contributed by atoms with van der Waals surface area (Å²) in [5.74, 6) is -2.68. The number of nitrogens with one attached hydrogen (secondary N) is 1. The normalized spacial score (nSPS) is 11.0. The first kappa shape index (κ1) is 20.4. The Bertz CT molecular complexity index is 1300. The Morgan fingerprint density at radius 3 is 2.47 bits per heavy atom. The Labute approximate surface area is 184 Å². The maximum atomic E-state index is 13.7. The van der Waals surface area contributed by atoms with Crippen molar-refractivity contribution in [2.24, 2.45) is 0 Å². The molecule has 1 heterocycles. The fraction of sp³-hybridized carbons (Fsp3) is 0.0435. The minimum Gasteiger partial charge on any atom is -0.321 e. The van der Waals surface area contributed by atoms with E-state index in [-0.39, 0.29) is 10.7 Å². The van der Waals surface area contributed by atoms with Gasteiger partial charge in [0.05, 0.1) is 27.5 Å². The van der Waals surface area contributed by atoms with Gasteiger partial charge in [-0.15, -0.1) is 0 Å². The van der Waals surface area contributed by atoms with Crippen molar-refractivity contribution in [2.45, 2.75) is 6.92 Å². The summed E-state index contributed by atoms with van der Waals surface area (Å²) in [5.41, 5.74) is 3.17. The lowest BCUT2D eigenvalue weighted by Gasteiger charge is -2.16. The summed E-state index contributed by atoms with van der Waals surface area (Å²) >= 11 is 9.43. The van der Waals surface area contributed by atoms with E-state index >= 15 is 0 Å². The van der Waals surface area contributed by atoms with Crippen molar-refractivity contribution in [1.29, 1.82) is 0 Å². The van der Waals surface area contributed by atoms with Gasteiger partial charge in [0.2, 0.25) is 0 Å². The molecular formula is C23H14BrClF2N2O. The van der Waals surface area contributed by atoms with Gasteiger partial charge in [0, 0.05) is 21.5 Å². The topological polar surface area (TPSA) is 42.0 Å². The first-order chi connectivity index (χ1) is 14.3. The van der Waals surface area contributed by atoms with E-state index < -0.39 is 17.5 Å². The van der Waals surface area contributed by atoms with E-state index in [1.807, 2.05) is 42.5 Å². The predicted octanol–water partition coefficient (Wildman–Crippen LogP) is 7.16. The van der Waals surface area contributed by atoms with Crippen LogP contribution >= 0.6 is 27.5 Å². The van der Waals surface area contributed by atoms with Crippen molar-refractivity contribution in [1.82, 2.24) is 4.98 Å². The molecule has 1 amide bonds. The molecule has 1 N–H and O–H groups in total. The summed E-state index contributed by atoms with van der Waals surface area (Å²) in [5, 5.41) is 3.13. The molecule has 0 aliphatic rings. The highest BCUT2D eigenvalue weighted by molar-refractivity contribution is 9.10. The number of nitrogens with zero attached hydrogens (tertiary/aromatic N) is 1. The standard InChI is InChI=1S/C23H14BrClF2N2O/c1-12-21(23(30)29-20-11-18(27)17(26)10-16(20)25)15-9-14(24)7-8-19(15)28-22(12)13-5-3-2-4-6-13/h2-11H,1H3,(H,29,30). The molecule has 0 spiro atoms. The first-order valence-electron chi connectivity index (χ1n) is 8.96. The Morgan fingerprint density at radius 2 is 1.73 bits per heavy atom. The molecule has 0 saturated carbocycles. The van der Waals surface area contributed by atoms with Crippen molar-refractivity contribution in [2.75, 3.05) is 5.32 Å². The molecule has 4 aromatic rings. The highest BCUT2D eigenvalue weighted by Crippen LogP contribution is 2.33. The third-order valence-electron chi connectivity index (χ3n) is 4.72. The average Bonchev–Trinajstić information content (AvgIpc) is 2.72. The van der Waals surface area contributed by atoms with Crippen LogP contribution in [-0.2, 0) is 0 Å². The van der Waals surface area contributed by atoms with Gasteiger partial charge in [-0.2, -0.15) is 0 Å². The Kier molecular flexibility index (Phi) is 5.54. The average molecular weight is 488 g/mol. The molecular weight excluding hydrogens is 474 g/mol. The molecule has 4 rings (SSSR count). The third-order valence-corrected chi connectivity index (χ3v) is 5.53. The van der Waals surface area contributed by atoms with E-state index in [0.717, 1.165) is 22.2 Å². The van der Waals surface area contributed by atoms with Crippen molar-refractivity contribution in [3.05, 3.63) is 92.9 Å². The lowest BCUT2D eigenvalue weighted by atomic mass is 9.97. The Hall–Kier alpha value is -2.83. The number of amides is 1. The predicted molar refractivity (Wildman–Crippen MR) is 119 cm³/mol. The number of aromatic nitrogens is 1. The van der Waals surface area contributed by atoms with Crippen LogP contribution < -0.4 is 5.32 Å². The Balaban J connectivity index is 1.90. The van der Waals surface area contributed by atoms with Crippen LogP contribution in [0.3, 0.4) is 0 Å². The van der Waals surface area contributed by atoms with E-state index in [0.29, 0.717) is 27.7 Å². The maximum Gasteiger partial charge on any atom is 0.256 e. The summed E-state index contributed by atoms with van der Waals surface area (Å²) in [6, 6.07) is 16.6. The summed E-state index contributed by atoms with van der Waals surface area (Å²) < 4.78 is 27.9. The molecule has 0 aliphatic heterocycles. The number of carbonyl (C=O) groups excluding carboxylic acids is 1. The van der Waals surface area contributed by atoms with E-state index in [9.17, 15) is 13.6 Å². The molecule has 30 heavy (non-hydrogen) atoms. The molecule has 150 valence electrons. The van der Waals surface area contributed by atoms with Crippen molar-refractivity contribution in [3.63, 3.8) is 0 Å². The van der Waals surface area contributed by atoms with Crippen molar-refractivity contribution in [3.8, 4) is 11.3 Å². The number of rotatable bonds is 3. The molecule has 0 atom stereocenters. The van der Waals surface area contributed by atoms with Crippen LogP contribution in [0.5, 0.6) is 0 Å². The number of halogens is 4. The molecule has 3 aromatic carbocycles. The van der Waals surface area contributed by atoms with Crippen molar-refractivity contribution < 1.29 is 13.6 Å². The number of hydrogen-bond donors (Lipinski definition) is 1. The molecule has 0 fully saturated rings. The fourth-order valence-corrected chi connectivity index (χ4v) is 3.86. The number of fused-ring (bicyclic) bond motifs is 1. The van der Waals surface area contributed by atoms with Gasteiger partial charge < -0.3 is 5.32 Å². The molecule has 7 heteroatoms. The van der Waals surface area contributed by atoms with Crippen LogP contribution in [-0.4, -0.2) is 10.9 Å². The summed E-state index contributed by atoms with van der Waals surface area (Å²) in [6.45, 7) is 1.80. The number of anilines is 1. The number of carbonyl (C=O) groups is 1. The summed E-state index contributed by atoms with van der Waals surface area (Å²) in [6.07, 6.45) is 0. The van der Waals surface area contributed by atoms with Gasteiger partial charge in [-0.25, -0.2) is 13.8 Å². The first-order valence-corrected chi connectivity index (χ1v) is 10.1. The molecule has 3 nitrogen and oxygen atoms in total. The van der Waals surface area contributed by atoms with Gasteiger partial charge in [-0.05, 0) is 36.8 Å². The Morgan fingerprint density at radius 1 is 1.03 bits per heavy atom. The number of pyridine rings is 1. The van der Waals surface area contributed by atoms with Crippen LogP contribution in [0.2, 0.25) is 5.02 Å². The molecule has 0 unspecified atom stereocenters. The van der Waals surface area contributed by atoms with Crippen LogP contribution in [0.15, 0.2) is 65.1 Å². The zero-order chi connectivity index (χ0) is 21.4. The second kappa shape index (κ2) is 8.13. The van der Waals surface area contributed by atoms with Gasteiger partial charge in [-0.1, -0.05) is 57.9 Å². The fourth-order valence-electron chi connectivity index (χ4n) is 3.30. The molecule has 0 radical (unpaired) electrons. The van der Waals surface area contributed by atoms with Gasteiger partial charge >= 0.3 is 0 Å². The lowest BCUT2D eigenvalue weighted by Crippen LogP contribution is -2.16. The third kappa shape index (κ3) is 3.80. The molecule has 0 bridgehead atoms. The maximum absolute atomic E-state index is 13.7. The molecule has 1 aromatic heterocycles. The quantitative estimate of drug-likeness (QED) is 0.312. The van der Waals surface area contributed by atoms with E-state index in [2.05, 4.69) is 21.2 Å². The second-order valence-electron chi connectivity index (χ2n) is 6.69. The van der Waals surface area contributed by atoms with E-state index in [4.69, 9.17) is 16.6 Å². The highest BCUT2D eigenvalue weighted by Gasteiger charge is 2.21. The molecule has 0 aliphatic carbocycles. The van der Waals surface area contributed by atoms with Crippen LogP contribution in [0.25, 0.3) is 22.2 Å². The monoisotopic (exact) mass is 486 g/mol. The van der Waals surface area contributed by atoms with Crippen LogP contribution in [0.1, 0.15) is 15.9 Å². The zero-order valence-electron chi connectivity index (χ0n) is 15.6. The minimum atomic E-state index is -1.10. The van der Waals surface area contributed by atoms with Crippen LogP contribution in [0, 0.1) is 18.6 Å². The largest absolute Gasteiger partial charge is 0.321 e. The number of hydrogen-bond acceptors (Lipinski definition) is 2. The van der Waals surface area contributed by atoms with E-state index in [1.165, 1.54) is 0 Å². The molecule has 0 saturated heterocycles.